The number of rotatable bonds is 22. The Kier molecular flexibility index (Phi) is 19.3. The number of thiol groups is 2. The van der Waals surface area contributed by atoms with E-state index in [1.165, 1.54) is 99.6 Å². The molecule has 0 aliphatic heterocycles. The molecule has 0 spiro atoms. The Bertz CT molecular complexity index is 486. The first-order valence-corrected chi connectivity index (χ1v) is 15.0. The van der Waals surface area contributed by atoms with Crippen LogP contribution in [0.15, 0.2) is 0 Å². The molecule has 0 radical (unpaired) electrons. The van der Waals surface area contributed by atoms with E-state index in [4.69, 9.17) is 9.47 Å². The van der Waals surface area contributed by atoms with Crippen molar-refractivity contribution in [3.05, 3.63) is 9.75 Å². The average Bonchev–Trinajstić information content (AvgIpc) is 3.13. The lowest BCUT2D eigenvalue weighted by Gasteiger charge is -2.12. The van der Waals surface area contributed by atoms with Crippen LogP contribution >= 0.6 is 36.6 Å². The van der Waals surface area contributed by atoms with E-state index in [9.17, 15) is 0 Å². The minimum Gasteiger partial charge on any atom is -0.488 e. The molecule has 0 amide bonds. The standard InChI is InChI=1S/C26H48O2S3/c1-3-5-7-9-11-13-15-17-19-27-25-23(21-29)31-24(22-30)26(25)28-20-18-16-14-12-10-8-6-4-2/h29-30H,3-22H2,1-2H3. The van der Waals surface area contributed by atoms with Gasteiger partial charge in [0.15, 0.2) is 11.5 Å². The normalized spacial score (nSPS) is 11.2. The monoisotopic (exact) mass is 488 g/mol. The van der Waals surface area contributed by atoms with Gasteiger partial charge in [-0.2, -0.15) is 25.3 Å². The van der Waals surface area contributed by atoms with Crippen LogP contribution in [0.4, 0.5) is 0 Å². The molecule has 1 aromatic rings. The van der Waals surface area contributed by atoms with Crippen molar-refractivity contribution < 1.29 is 9.47 Å². The van der Waals surface area contributed by atoms with Crippen molar-refractivity contribution in [2.45, 2.75) is 128 Å². The van der Waals surface area contributed by atoms with Gasteiger partial charge in [0.25, 0.3) is 0 Å². The number of hydrogen-bond acceptors (Lipinski definition) is 5. The van der Waals surface area contributed by atoms with Crippen molar-refractivity contribution in [2.75, 3.05) is 13.2 Å². The largest absolute Gasteiger partial charge is 0.488 e. The molecule has 0 saturated carbocycles. The maximum atomic E-state index is 6.22. The minimum atomic E-state index is 0.694. The molecule has 1 aromatic heterocycles. The van der Waals surface area contributed by atoms with E-state index in [1.807, 2.05) is 0 Å². The Hall–Kier alpha value is -0.0000000000000000555. The predicted octanol–water partition coefficient (Wildman–Crippen LogP) is 9.65. The molecular formula is C26H48O2S3. The third-order valence-corrected chi connectivity index (χ3v) is 7.95. The first-order valence-electron chi connectivity index (χ1n) is 12.9. The van der Waals surface area contributed by atoms with Gasteiger partial charge in [-0.3, -0.25) is 0 Å². The van der Waals surface area contributed by atoms with E-state index in [0.29, 0.717) is 11.5 Å². The molecule has 0 fully saturated rings. The van der Waals surface area contributed by atoms with Gasteiger partial charge in [0.05, 0.1) is 23.0 Å². The molecule has 0 aliphatic carbocycles. The number of hydrogen-bond donors (Lipinski definition) is 2. The van der Waals surface area contributed by atoms with Crippen LogP contribution in [0, 0.1) is 0 Å². The van der Waals surface area contributed by atoms with Crippen molar-refractivity contribution in [2.24, 2.45) is 0 Å². The molecule has 1 rings (SSSR count). The molecule has 5 heteroatoms. The number of unbranched alkanes of at least 4 members (excludes halogenated alkanes) is 14. The van der Waals surface area contributed by atoms with E-state index in [-0.39, 0.29) is 0 Å². The third-order valence-electron chi connectivity index (χ3n) is 5.73. The molecule has 0 bridgehead atoms. The Morgan fingerprint density at radius 3 is 1.16 bits per heavy atom. The fourth-order valence-corrected chi connectivity index (χ4v) is 5.40. The summed E-state index contributed by atoms with van der Waals surface area (Å²) in [7, 11) is 0. The fraction of sp³-hybridized carbons (Fsp3) is 0.846. The predicted molar refractivity (Wildman–Crippen MR) is 146 cm³/mol. The van der Waals surface area contributed by atoms with Crippen LogP contribution in [0.5, 0.6) is 11.5 Å². The highest BCUT2D eigenvalue weighted by molar-refractivity contribution is 7.79. The Morgan fingerprint density at radius 1 is 0.516 bits per heavy atom. The Labute approximate surface area is 208 Å². The van der Waals surface area contributed by atoms with Crippen LogP contribution in [-0.4, -0.2) is 13.2 Å². The average molecular weight is 489 g/mol. The van der Waals surface area contributed by atoms with E-state index in [0.717, 1.165) is 37.6 Å². The molecule has 182 valence electrons. The quantitative estimate of drug-likeness (QED) is 0.125. The summed E-state index contributed by atoms with van der Waals surface area (Å²) in [5, 5.41) is 0. The summed E-state index contributed by atoms with van der Waals surface area (Å²) >= 11 is 10.8. The zero-order valence-corrected chi connectivity index (χ0v) is 22.9. The molecule has 0 aliphatic rings. The summed E-state index contributed by atoms with van der Waals surface area (Å²) in [5.41, 5.74) is 0. The van der Waals surface area contributed by atoms with Crippen LogP contribution < -0.4 is 9.47 Å². The van der Waals surface area contributed by atoms with Crippen molar-refractivity contribution in [1.82, 2.24) is 0 Å². The molecule has 0 N–H and O–H groups in total. The highest BCUT2D eigenvalue weighted by Gasteiger charge is 2.19. The van der Waals surface area contributed by atoms with Gasteiger partial charge in [0, 0.05) is 11.5 Å². The lowest BCUT2D eigenvalue weighted by Crippen LogP contribution is -2.03. The highest BCUT2D eigenvalue weighted by atomic mass is 32.1. The summed E-state index contributed by atoms with van der Waals surface area (Å²) in [6, 6.07) is 0. The lowest BCUT2D eigenvalue weighted by atomic mass is 10.1. The van der Waals surface area contributed by atoms with Crippen LogP contribution in [0.1, 0.15) is 126 Å². The molecular weight excluding hydrogens is 440 g/mol. The van der Waals surface area contributed by atoms with E-state index >= 15 is 0 Å². The van der Waals surface area contributed by atoms with E-state index < -0.39 is 0 Å². The van der Waals surface area contributed by atoms with Gasteiger partial charge < -0.3 is 9.47 Å². The summed E-state index contributed by atoms with van der Waals surface area (Å²) < 4.78 is 12.4. The van der Waals surface area contributed by atoms with Crippen LogP contribution in [0.2, 0.25) is 0 Å². The van der Waals surface area contributed by atoms with Gasteiger partial charge in [0.1, 0.15) is 0 Å². The van der Waals surface area contributed by atoms with Crippen LogP contribution in [0.3, 0.4) is 0 Å². The van der Waals surface area contributed by atoms with Crippen LogP contribution in [0.25, 0.3) is 0 Å². The van der Waals surface area contributed by atoms with E-state index in [1.54, 1.807) is 11.3 Å². The first kappa shape index (κ1) is 29.0. The van der Waals surface area contributed by atoms with Crippen molar-refractivity contribution >= 4 is 36.6 Å². The van der Waals surface area contributed by atoms with Crippen molar-refractivity contribution in [1.29, 1.82) is 0 Å². The van der Waals surface area contributed by atoms with Crippen molar-refractivity contribution in [3.63, 3.8) is 0 Å². The number of ether oxygens (including phenoxy) is 2. The van der Waals surface area contributed by atoms with Gasteiger partial charge in [-0.15, -0.1) is 11.3 Å². The van der Waals surface area contributed by atoms with Gasteiger partial charge >= 0.3 is 0 Å². The molecule has 31 heavy (non-hydrogen) atoms. The fourth-order valence-electron chi connectivity index (χ4n) is 3.82. The van der Waals surface area contributed by atoms with Gasteiger partial charge in [0.2, 0.25) is 0 Å². The smallest absolute Gasteiger partial charge is 0.176 e. The van der Waals surface area contributed by atoms with Gasteiger partial charge in [-0.05, 0) is 12.8 Å². The molecule has 0 unspecified atom stereocenters. The molecule has 2 nitrogen and oxygen atoms in total. The van der Waals surface area contributed by atoms with Crippen LogP contribution in [-0.2, 0) is 11.5 Å². The molecule has 1 heterocycles. The summed E-state index contributed by atoms with van der Waals surface area (Å²) in [6.45, 7) is 6.08. The first-order chi connectivity index (χ1) is 15.3. The third kappa shape index (κ3) is 13.3. The van der Waals surface area contributed by atoms with Gasteiger partial charge in [-0.1, -0.05) is 104 Å². The topological polar surface area (TPSA) is 18.5 Å². The van der Waals surface area contributed by atoms with E-state index in [2.05, 4.69) is 39.1 Å². The van der Waals surface area contributed by atoms with Gasteiger partial charge in [-0.25, -0.2) is 0 Å². The second-order valence-corrected chi connectivity index (χ2v) is 10.4. The second kappa shape index (κ2) is 20.6. The maximum absolute atomic E-state index is 6.22. The summed E-state index contributed by atoms with van der Waals surface area (Å²) in [5.74, 6) is 3.26. The number of thiophene rings is 1. The molecule has 0 atom stereocenters. The summed E-state index contributed by atoms with van der Waals surface area (Å²) in [6.07, 6.45) is 21.0. The zero-order chi connectivity index (χ0) is 22.6. The SMILES string of the molecule is CCCCCCCCCCOc1c(CS)sc(CS)c1OCCCCCCCCCC. The minimum absolute atomic E-state index is 0.694. The van der Waals surface area contributed by atoms with Crippen molar-refractivity contribution in [3.8, 4) is 11.5 Å². The highest BCUT2D eigenvalue weighted by Crippen LogP contribution is 2.44. The summed E-state index contributed by atoms with van der Waals surface area (Å²) in [4.78, 5) is 2.36. The molecule has 0 saturated heterocycles. The Balaban J connectivity index is 2.33. The second-order valence-electron chi connectivity index (χ2n) is 8.57. The molecule has 0 aromatic carbocycles. The zero-order valence-electron chi connectivity index (χ0n) is 20.3. The Morgan fingerprint density at radius 2 is 0.839 bits per heavy atom. The lowest BCUT2D eigenvalue weighted by molar-refractivity contribution is 0.258. The maximum Gasteiger partial charge on any atom is 0.176 e.